The maximum absolute atomic E-state index is 12.1. The lowest BCUT2D eigenvalue weighted by atomic mass is 9.90. The minimum absolute atomic E-state index is 0.00288. The number of piperidine rings is 1. The Balaban J connectivity index is 1.94. The van der Waals surface area contributed by atoms with Crippen LogP contribution in [0.3, 0.4) is 0 Å². The highest BCUT2D eigenvalue weighted by atomic mass is 16.1. The van der Waals surface area contributed by atoms with E-state index in [1.54, 1.807) is 24.0 Å². The van der Waals surface area contributed by atoms with E-state index in [9.17, 15) is 4.79 Å². The van der Waals surface area contributed by atoms with Crippen molar-refractivity contribution in [1.82, 2.24) is 14.9 Å². The van der Waals surface area contributed by atoms with E-state index in [-0.39, 0.29) is 5.56 Å². The van der Waals surface area contributed by atoms with Gasteiger partial charge in [-0.1, -0.05) is 6.92 Å². The van der Waals surface area contributed by atoms with E-state index >= 15 is 0 Å². The third kappa shape index (κ3) is 3.39. The number of nitrogens with zero attached hydrogens (tertiary/aromatic N) is 3. The molecule has 112 valence electrons. The second-order valence-corrected chi connectivity index (χ2v) is 5.73. The maximum atomic E-state index is 12.1. The molecule has 20 heavy (non-hydrogen) atoms. The normalized spacial score (nSPS) is 18.2. The number of rotatable bonds is 5. The predicted molar refractivity (Wildman–Crippen MR) is 82.2 cm³/mol. The molecule has 0 spiro atoms. The molecule has 1 aliphatic rings. The average molecular weight is 278 g/mol. The molecule has 5 heteroatoms. The zero-order valence-electron chi connectivity index (χ0n) is 12.8. The molecule has 0 bridgehead atoms. The molecule has 0 aliphatic carbocycles. The minimum atomic E-state index is 0.00288. The van der Waals surface area contributed by atoms with Crippen LogP contribution >= 0.6 is 0 Å². The predicted octanol–water partition coefficient (Wildman–Crippen LogP) is 1.38. The van der Waals surface area contributed by atoms with Crippen LogP contribution in [0, 0.1) is 5.92 Å². The van der Waals surface area contributed by atoms with Crippen molar-refractivity contribution in [1.29, 1.82) is 0 Å². The first-order valence-electron chi connectivity index (χ1n) is 7.63. The molecular formula is C15H26N4O. The average Bonchev–Trinajstić information content (AvgIpc) is 2.48. The van der Waals surface area contributed by atoms with Crippen LogP contribution in [0.4, 0.5) is 5.82 Å². The van der Waals surface area contributed by atoms with E-state index in [4.69, 9.17) is 0 Å². The van der Waals surface area contributed by atoms with Crippen molar-refractivity contribution in [3.8, 4) is 0 Å². The molecule has 1 saturated heterocycles. The summed E-state index contributed by atoms with van der Waals surface area (Å²) in [4.78, 5) is 18.5. The van der Waals surface area contributed by atoms with E-state index in [1.165, 1.54) is 6.42 Å². The van der Waals surface area contributed by atoms with Gasteiger partial charge in [-0.2, -0.15) is 0 Å². The quantitative estimate of drug-likeness (QED) is 0.884. The van der Waals surface area contributed by atoms with E-state index in [0.29, 0.717) is 17.8 Å². The molecule has 0 saturated carbocycles. The largest absolute Gasteiger partial charge is 0.352 e. The molecular weight excluding hydrogens is 252 g/mol. The summed E-state index contributed by atoms with van der Waals surface area (Å²) in [5.74, 6) is 1.30. The number of aryl methyl sites for hydroxylation is 1. The minimum Gasteiger partial charge on any atom is -0.352 e. The highest BCUT2D eigenvalue weighted by Crippen LogP contribution is 2.22. The van der Waals surface area contributed by atoms with Gasteiger partial charge < -0.3 is 14.8 Å². The van der Waals surface area contributed by atoms with Gasteiger partial charge in [0.05, 0.1) is 0 Å². The van der Waals surface area contributed by atoms with Crippen molar-refractivity contribution >= 4 is 5.82 Å². The molecule has 1 aromatic heterocycles. The lowest BCUT2D eigenvalue weighted by Gasteiger charge is -2.35. The van der Waals surface area contributed by atoms with Gasteiger partial charge in [0.15, 0.2) is 5.82 Å². The summed E-state index contributed by atoms with van der Waals surface area (Å²) in [5, 5.41) is 3.58. The number of hydrogen-bond donors (Lipinski definition) is 1. The molecule has 5 nitrogen and oxygen atoms in total. The van der Waals surface area contributed by atoms with Gasteiger partial charge in [-0.15, -0.1) is 0 Å². The fraction of sp³-hybridized carbons (Fsp3) is 0.733. The van der Waals surface area contributed by atoms with Crippen molar-refractivity contribution in [3.63, 3.8) is 0 Å². The second-order valence-electron chi connectivity index (χ2n) is 5.73. The van der Waals surface area contributed by atoms with Gasteiger partial charge in [-0.3, -0.25) is 4.79 Å². The topological polar surface area (TPSA) is 50.2 Å². The first-order valence-corrected chi connectivity index (χ1v) is 7.63. The Morgan fingerprint density at radius 2 is 2.15 bits per heavy atom. The number of anilines is 1. The first-order chi connectivity index (χ1) is 9.63. The summed E-state index contributed by atoms with van der Waals surface area (Å²) in [7, 11) is 1.77. The molecule has 2 rings (SSSR count). The fourth-order valence-electron chi connectivity index (χ4n) is 2.85. The molecule has 1 fully saturated rings. The van der Waals surface area contributed by atoms with Crippen LogP contribution in [0.5, 0.6) is 0 Å². The fourth-order valence-corrected chi connectivity index (χ4v) is 2.85. The Morgan fingerprint density at radius 3 is 2.80 bits per heavy atom. The Labute approximate surface area is 121 Å². The summed E-state index contributed by atoms with van der Waals surface area (Å²) in [6.07, 6.45) is 6.83. The van der Waals surface area contributed by atoms with E-state index < -0.39 is 0 Å². The van der Waals surface area contributed by atoms with Crippen LogP contribution in [0.15, 0.2) is 17.2 Å². The third-order valence-corrected chi connectivity index (χ3v) is 4.26. The number of aromatic nitrogens is 2. The highest BCUT2D eigenvalue weighted by molar-refractivity contribution is 5.36. The van der Waals surface area contributed by atoms with Gasteiger partial charge in [0.2, 0.25) is 0 Å². The monoisotopic (exact) mass is 278 g/mol. The number of hydrogen-bond acceptors (Lipinski definition) is 4. The lowest BCUT2D eigenvalue weighted by molar-refractivity contribution is 0.310. The smallest absolute Gasteiger partial charge is 0.293 e. The third-order valence-electron chi connectivity index (χ3n) is 4.26. The maximum Gasteiger partial charge on any atom is 0.293 e. The Kier molecular flexibility index (Phi) is 5.17. The van der Waals surface area contributed by atoms with Crippen LogP contribution in [-0.2, 0) is 7.05 Å². The van der Waals surface area contributed by atoms with E-state index in [1.807, 2.05) is 0 Å². The van der Waals surface area contributed by atoms with Gasteiger partial charge in [0, 0.05) is 38.6 Å². The van der Waals surface area contributed by atoms with Gasteiger partial charge in [-0.05, 0) is 38.6 Å². The number of nitrogens with one attached hydrogen (secondary N) is 1. The van der Waals surface area contributed by atoms with Gasteiger partial charge in [0.1, 0.15) is 0 Å². The van der Waals surface area contributed by atoms with Crippen molar-refractivity contribution in [3.05, 3.63) is 22.7 Å². The summed E-state index contributed by atoms with van der Waals surface area (Å²) < 4.78 is 1.60. The van der Waals surface area contributed by atoms with Gasteiger partial charge in [0.25, 0.3) is 5.56 Å². The Hall–Kier alpha value is -1.36. The van der Waals surface area contributed by atoms with Crippen molar-refractivity contribution in [2.45, 2.75) is 39.2 Å². The Morgan fingerprint density at radius 1 is 1.45 bits per heavy atom. The molecule has 1 atom stereocenters. The van der Waals surface area contributed by atoms with Crippen molar-refractivity contribution in [2.75, 3.05) is 24.5 Å². The zero-order valence-corrected chi connectivity index (χ0v) is 12.8. The molecule has 0 radical (unpaired) electrons. The van der Waals surface area contributed by atoms with Crippen LogP contribution in [0.1, 0.15) is 33.1 Å². The second kappa shape index (κ2) is 6.88. The van der Waals surface area contributed by atoms with E-state index in [2.05, 4.69) is 29.0 Å². The van der Waals surface area contributed by atoms with Crippen LogP contribution < -0.4 is 15.8 Å². The van der Waals surface area contributed by atoms with Crippen molar-refractivity contribution in [2.24, 2.45) is 13.0 Å². The SMILES string of the molecule is CCCNC(C)C1CCN(c2nccn(C)c2=O)CC1. The molecule has 0 amide bonds. The lowest BCUT2D eigenvalue weighted by Crippen LogP contribution is -2.44. The summed E-state index contributed by atoms with van der Waals surface area (Å²) in [6, 6.07) is 0.559. The molecule has 0 aromatic carbocycles. The first kappa shape index (κ1) is 15.0. The van der Waals surface area contributed by atoms with Crippen LogP contribution in [-0.4, -0.2) is 35.2 Å². The summed E-state index contributed by atoms with van der Waals surface area (Å²) >= 11 is 0. The molecule has 2 heterocycles. The molecule has 1 aromatic rings. The zero-order chi connectivity index (χ0) is 14.5. The molecule has 1 N–H and O–H groups in total. The summed E-state index contributed by atoms with van der Waals surface area (Å²) in [6.45, 7) is 7.40. The molecule has 1 aliphatic heterocycles. The van der Waals surface area contributed by atoms with Crippen molar-refractivity contribution < 1.29 is 0 Å². The molecule has 1 unspecified atom stereocenters. The van der Waals surface area contributed by atoms with E-state index in [0.717, 1.165) is 32.5 Å². The highest BCUT2D eigenvalue weighted by Gasteiger charge is 2.25. The van der Waals surface area contributed by atoms with Crippen LogP contribution in [0.2, 0.25) is 0 Å². The summed E-state index contributed by atoms with van der Waals surface area (Å²) in [5.41, 5.74) is 0.00288. The van der Waals surface area contributed by atoms with Gasteiger partial charge in [-0.25, -0.2) is 4.98 Å². The van der Waals surface area contributed by atoms with Crippen LogP contribution in [0.25, 0.3) is 0 Å². The standard InChI is InChI=1S/C15H26N4O/c1-4-7-16-12(2)13-5-9-19(10-6-13)14-15(20)18(3)11-8-17-14/h8,11-13,16H,4-7,9-10H2,1-3H3. The Bertz CT molecular complexity index is 477. The van der Waals surface area contributed by atoms with Gasteiger partial charge >= 0.3 is 0 Å².